The van der Waals surface area contributed by atoms with E-state index in [1.807, 2.05) is 0 Å². The molecule has 1 aliphatic heterocycles. The van der Waals surface area contributed by atoms with Crippen LogP contribution in [0.3, 0.4) is 0 Å². The summed E-state index contributed by atoms with van der Waals surface area (Å²) in [7, 11) is 0. The lowest BCUT2D eigenvalue weighted by Crippen LogP contribution is -2.57. The minimum absolute atomic E-state index is 0.00213. The topological polar surface area (TPSA) is 116 Å². The van der Waals surface area contributed by atoms with E-state index < -0.39 is 17.5 Å². The van der Waals surface area contributed by atoms with Crippen molar-refractivity contribution in [3.05, 3.63) is 18.2 Å². The van der Waals surface area contributed by atoms with Crippen molar-refractivity contribution in [3.8, 4) is 0 Å². The Morgan fingerprint density at radius 2 is 2.40 bits per heavy atom. The largest absolute Gasteiger partial charge is 0.479 e. The molecule has 0 bridgehead atoms. The molecule has 1 fully saturated rings. The molecule has 110 valence electrons. The van der Waals surface area contributed by atoms with Gasteiger partial charge in [0, 0.05) is 38.4 Å². The lowest BCUT2D eigenvalue weighted by molar-refractivity contribution is -0.144. The summed E-state index contributed by atoms with van der Waals surface area (Å²) >= 11 is 0. The van der Waals surface area contributed by atoms with E-state index in [9.17, 15) is 14.7 Å². The molecule has 2 heterocycles. The zero-order valence-electron chi connectivity index (χ0n) is 11.0. The molecule has 0 radical (unpaired) electrons. The first-order chi connectivity index (χ1) is 9.62. The van der Waals surface area contributed by atoms with Crippen LogP contribution < -0.4 is 10.6 Å². The summed E-state index contributed by atoms with van der Waals surface area (Å²) in [5.74, 6) is -0.209. The van der Waals surface area contributed by atoms with Crippen molar-refractivity contribution in [2.24, 2.45) is 0 Å². The summed E-state index contributed by atoms with van der Waals surface area (Å²) in [4.78, 5) is 30.0. The van der Waals surface area contributed by atoms with E-state index in [-0.39, 0.29) is 13.0 Å². The molecule has 0 saturated carbocycles. The number of hydrogen-bond acceptors (Lipinski definition) is 4. The summed E-state index contributed by atoms with van der Waals surface area (Å²) in [5.41, 5.74) is -1.30. The van der Waals surface area contributed by atoms with Gasteiger partial charge in [-0.25, -0.2) is 14.6 Å². The Hall–Kier alpha value is -2.09. The maximum absolute atomic E-state index is 11.7. The highest BCUT2D eigenvalue weighted by Crippen LogP contribution is 2.18. The third-order valence-electron chi connectivity index (χ3n) is 3.21. The number of carbonyl (C=O) groups excluding carboxylic acids is 1. The van der Waals surface area contributed by atoms with E-state index in [0.29, 0.717) is 13.2 Å². The number of carboxylic acid groups (broad SMARTS) is 1. The molecule has 0 aromatic carbocycles. The molecule has 2 rings (SSSR count). The number of nitrogens with one attached hydrogen (secondary N) is 3. The van der Waals surface area contributed by atoms with Gasteiger partial charge in [0.1, 0.15) is 5.82 Å². The SMILES string of the molecule is O=C(NCCCc1ncc[nH]1)NC1(C(=O)O)CCOC1. The number of carbonyl (C=O) groups is 2. The number of hydrogen-bond donors (Lipinski definition) is 4. The number of urea groups is 1. The standard InChI is InChI=1S/C12H18N4O4/c17-10(18)12(3-7-20-8-12)16-11(19)15-4-1-2-9-13-5-6-14-9/h5-6H,1-4,7-8H2,(H,13,14)(H,17,18)(H2,15,16,19). The molecule has 1 unspecified atom stereocenters. The van der Waals surface area contributed by atoms with Gasteiger partial charge in [-0.1, -0.05) is 0 Å². The van der Waals surface area contributed by atoms with Crippen molar-refractivity contribution in [2.75, 3.05) is 19.8 Å². The second-order valence-corrected chi connectivity index (χ2v) is 4.71. The highest BCUT2D eigenvalue weighted by atomic mass is 16.5. The van der Waals surface area contributed by atoms with Crippen molar-refractivity contribution in [1.82, 2.24) is 20.6 Å². The van der Waals surface area contributed by atoms with Gasteiger partial charge in [0.15, 0.2) is 5.54 Å². The zero-order chi connectivity index (χ0) is 14.4. The monoisotopic (exact) mass is 282 g/mol. The first kappa shape index (κ1) is 14.3. The second-order valence-electron chi connectivity index (χ2n) is 4.71. The van der Waals surface area contributed by atoms with Crippen LogP contribution in [0.25, 0.3) is 0 Å². The molecule has 1 aromatic heterocycles. The number of amides is 2. The van der Waals surface area contributed by atoms with Crippen molar-refractivity contribution in [2.45, 2.75) is 24.8 Å². The van der Waals surface area contributed by atoms with Crippen LogP contribution in [0.4, 0.5) is 4.79 Å². The number of aromatic amines is 1. The van der Waals surface area contributed by atoms with E-state index in [4.69, 9.17) is 4.74 Å². The number of carboxylic acids is 1. The normalized spacial score (nSPS) is 21.6. The average molecular weight is 282 g/mol. The Kier molecular flexibility index (Phi) is 4.57. The van der Waals surface area contributed by atoms with E-state index in [2.05, 4.69) is 20.6 Å². The summed E-state index contributed by atoms with van der Waals surface area (Å²) < 4.78 is 5.06. The molecule has 8 heteroatoms. The molecule has 0 aliphatic carbocycles. The number of rotatable bonds is 6. The Bertz CT molecular complexity index is 454. The van der Waals surface area contributed by atoms with Gasteiger partial charge in [0.2, 0.25) is 0 Å². The first-order valence-corrected chi connectivity index (χ1v) is 6.48. The first-order valence-electron chi connectivity index (χ1n) is 6.48. The molecular weight excluding hydrogens is 264 g/mol. The third-order valence-corrected chi connectivity index (χ3v) is 3.21. The number of aliphatic carboxylic acids is 1. The van der Waals surface area contributed by atoms with Crippen LogP contribution in [0.1, 0.15) is 18.7 Å². The third kappa shape index (κ3) is 3.47. The molecular formula is C12H18N4O4. The van der Waals surface area contributed by atoms with Gasteiger partial charge in [-0.2, -0.15) is 0 Å². The Balaban J connectivity index is 1.70. The van der Waals surface area contributed by atoms with Crippen molar-refractivity contribution >= 4 is 12.0 Å². The number of imidazole rings is 1. The molecule has 20 heavy (non-hydrogen) atoms. The molecule has 1 saturated heterocycles. The van der Waals surface area contributed by atoms with E-state index >= 15 is 0 Å². The van der Waals surface area contributed by atoms with Gasteiger partial charge in [-0.3, -0.25) is 0 Å². The van der Waals surface area contributed by atoms with Gasteiger partial charge in [-0.15, -0.1) is 0 Å². The van der Waals surface area contributed by atoms with Gasteiger partial charge >= 0.3 is 12.0 Å². The quantitative estimate of drug-likeness (QED) is 0.543. The fourth-order valence-electron chi connectivity index (χ4n) is 2.04. The predicted octanol–water partition coefficient (Wildman–Crippen LogP) is -0.115. The second kappa shape index (κ2) is 6.38. The number of nitrogens with zero attached hydrogens (tertiary/aromatic N) is 1. The number of ether oxygens (including phenoxy) is 1. The van der Waals surface area contributed by atoms with Crippen LogP contribution in [0.5, 0.6) is 0 Å². The zero-order valence-corrected chi connectivity index (χ0v) is 11.0. The maximum atomic E-state index is 11.7. The van der Waals surface area contributed by atoms with Crippen LogP contribution in [0.15, 0.2) is 12.4 Å². The highest BCUT2D eigenvalue weighted by Gasteiger charge is 2.43. The van der Waals surface area contributed by atoms with Crippen molar-refractivity contribution in [1.29, 1.82) is 0 Å². The minimum Gasteiger partial charge on any atom is -0.479 e. The van der Waals surface area contributed by atoms with Crippen molar-refractivity contribution < 1.29 is 19.4 Å². The summed E-state index contributed by atoms with van der Waals surface area (Å²) in [6.07, 6.45) is 5.14. The van der Waals surface area contributed by atoms with Gasteiger partial charge in [0.05, 0.1) is 6.61 Å². The van der Waals surface area contributed by atoms with E-state index in [1.165, 1.54) is 0 Å². The van der Waals surface area contributed by atoms with Crippen LogP contribution in [0.2, 0.25) is 0 Å². The van der Waals surface area contributed by atoms with Crippen LogP contribution in [-0.4, -0.2) is 52.4 Å². The predicted molar refractivity (Wildman–Crippen MR) is 69.2 cm³/mol. The van der Waals surface area contributed by atoms with Gasteiger partial charge in [-0.05, 0) is 6.42 Å². The Morgan fingerprint density at radius 1 is 1.55 bits per heavy atom. The Morgan fingerprint density at radius 3 is 3.00 bits per heavy atom. The summed E-state index contributed by atoms with van der Waals surface area (Å²) in [5, 5.41) is 14.3. The Labute approximate surface area is 115 Å². The molecule has 2 amide bonds. The maximum Gasteiger partial charge on any atom is 0.332 e. The molecule has 0 spiro atoms. The molecule has 1 aliphatic rings. The number of H-pyrrole nitrogens is 1. The molecule has 1 atom stereocenters. The van der Waals surface area contributed by atoms with Crippen molar-refractivity contribution in [3.63, 3.8) is 0 Å². The number of aromatic nitrogens is 2. The summed E-state index contributed by atoms with van der Waals surface area (Å²) in [6.45, 7) is 0.788. The fraction of sp³-hybridized carbons (Fsp3) is 0.583. The van der Waals surface area contributed by atoms with Crippen LogP contribution >= 0.6 is 0 Å². The van der Waals surface area contributed by atoms with Gasteiger partial charge in [0.25, 0.3) is 0 Å². The lowest BCUT2D eigenvalue weighted by atomic mass is 9.99. The lowest BCUT2D eigenvalue weighted by Gasteiger charge is -2.23. The average Bonchev–Trinajstić information content (AvgIpc) is 3.06. The fourth-order valence-corrected chi connectivity index (χ4v) is 2.04. The van der Waals surface area contributed by atoms with Gasteiger partial charge < -0.3 is 25.5 Å². The number of aryl methyl sites for hydroxylation is 1. The smallest absolute Gasteiger partial charge is 0.332 e. The van der Waals surface area contributed by atoms with E-state index in [1.54, 1.807) is 12.4 Å². The van der Waals surface area contributed by atoms with E-state index in [0.717, 1.165) is 18.7 Å². The highest BCUT2D eigenvalue weighted by molar-refractivity contribution is 5.86. The molecule has 1 aromatic rings. The molecule has 4 N–H and O–H groups in total. The van der Waals surface area contributed by atoms with Crippen LogP contribution in [0, 0.1) is 0 Å². The molecule has 8 nitrogen and oxygen atoms in total. The van der Waals surface area contributed by atoms with Crippen LogP contribution in [-0.2, 0) is 16.0 Å². The minimum atomic E-state index is -1.30. The summed E-state index contributed by atoms with van der Waals surface area (Å²) in [6, 6.07) is -0.489.